The molecule has 3 nitrogen and oxygen atoms in total. The molecule has 0 aliphatic carbocycles. The second-order valence-corrected chi connectivity index (χ2v) is 3.59. The van der Waals surface area contributed by atoms with Gasteiger partial charge in [-0.05, 0) is 24.6 Å². The Balaban J connectivity index is 3.19. The van der Waals surface area contributed by atoms with Gasteiger partial charge in [0.15, 0.2) is 0 Å². The van der Waals surface area contributed by atoms with Crippen molar-refractivity contribution in [2.24, 2.45) is 11.5 Å². The first-order valence-electron chi connectivity index (χ1n) is 4.39. The molecule has 4 heteroatoms. The quantitative estimate of drug-likeness (QED) is 0.804. The maximum absolute atomic E-state index is 5.99. The first kappa shape index (κ1) is 11.3. The molecule has 0 spiro atoms. The summed E-state index contributed by atoms with van der Waals surface area (Å²) in [6.45, 7) is 2.29. The van der Waals surface area contributed by atoms with Crippen LogP contribution in [0.15, 0.2) is 12.1 Å². The molecule has 1 aromatic carbocycles. The predicted molar refractivity (Wildman–Crippen MR) is 58.7 cm³/mol. The van der Waals surface area contributed by atoms with Crippen LogP contribution in [0.2, 0.25) is 5.02 Å². The Morgan fingerprint density at radius 1 is 1.50 bits per heavy atom. The van der Waals surface area contributed by atoms with Crippen molar-refractivity contribution in [1.29, 1.82) is 0 Å². The van der Waals surface area contributed by atoms with Crippen molar-refractivity contribution in [2.45, 2.75) is 13.0 Å². The Hall–Kier alpha value is -0.770. The number of hydrogen-bond donors (Lipinski definition) is 2. The molecule has 0 radical (unpaired) electrons. The van der Waals surface area contributed by atoms with Crippen LogP contribution in [0.4, 0.5) is 0 Å². The van der Waals surface area contributed by atoms with Gasteiger partial charge in [-0.15, -0.1) is 0 Å². The first-order chi connectivity index (χ1) is 6.60. The van der Waals surface area contributed by atoms with Crippen LogP contribution < -0.4 is 16.2 Å². The van der Waals surface area contributed by atoms with Crippen LogP contribution >= 0.6 is 11.6 Å². The van der Waals surface area contributed by atoms with Crippen molar-refractivity contribution in [3.05, 3.63) is 28.3 Å². The highest BCUT2D eigenvalue weighted by atomic mass is 35.5. The summed E-state index contributed by atoms with van der Waals surface area (Å²) in [6.07, 6.45) is 0. The molecule has 0 bridgehead atoms. The van der Waals surface area contributed by atoms with Gasteiger partial charge in [0.25, 0.3) is 0 Å². The molecule has 0 aromatic heterocycles. The minimum atomic E-state index is -0.233. The summed E-state index contributed by atoms with van der Waals surface area (Å²) in [7, 11) is 1.61. The van der Waals surface area contributed by atoms with Gasteiger partial charge in [0.05, 0.1) is 7.11 Å². The maximum Gasteiger partial charge on any atom is 0.124 e. The number of ether oxygens (including phenoxy) is 1. The standard InChI is InChI=1S/C10H15ClN2O/c1-6-3-10(14-2)7(4-8(6)11)9(13)5-12/h3-4,9H,5,12-13H2,1-2H3/t9-/m1/s1. The summed E-state index contributed by atoms with van der Waals surface area (Å²) >= 11 is 5.99. The minimum absolute atomic E-state index is 0.233. The van der Waals surface area contributed by atoms with E-state index >= 15 is 0 Å². The topological polar surface area (TPSA) is 61.3 Å². The van der Waals surface area contributed by atoms with E-state index in [-0.39, 0.29) is 6.04 Å². The molecule has 0 unspecified atom stereocenters. The average Bonchev–Trinajstić information content (AvgIpc) is 2.20. The van der Waals surface area contributed by atoms with Crippen LogP contribution in [0.5, 0.6) is 5.75 Å². The minimum Gasteiger partial charge on any atom is -0.496 e. The van der Waals surface area contributed by atoms with Gasteiger partial charge in [-0.1, -0.05) is 11.6 Å². The fraction of sp³-hybridized carbons (Fsp3) is 0.400. The molecule has 78 valence electrons. The van der Waals surface area contributed by atoms with Crippen molar-refractivity contribution in [2.75, 3.05) is 13.7 Å². The van der Waals surface area contributed by atoms with Crippen LogP contribution in [-0.2, 0) is 0 Å². The number of benzene rings is 1. The average molecular weight is 215 g/mol. The zero-order valence-corrected chi connectivity index (χ0v) is 9.14. The molecule has 0 heterocycles. The fourth-order valence-corrected chi connectivity index (χ4v) is 1.44. The summed E-state index contributed by atoms with van der Waals surface area (Å²) in [5.41, 5.74) is 13.1. The third-order valence-electron chi connectivity index (χ3n) is 2.16. The van der Waals surface area contributed by atoms with E-state index in [0.717, 1.165) is 16.9 Å². The number of methoxy groups -OCH3 is 1. The van der Waals surface area contributed by atoms with Gasteiger partial charge in [-0.3, -0.25) is 0 Å². The zero-order chi connectivity index (χ0) is 10.7. The number of aryl methyl sites for hydroxylation is 1. The molecule has 0 aliphatic rings. The SMILES string of the molecule is COc1cc(C)c(Cl)cc1[C@H](N)CN. The Morgan fingerprint density at radius 2 is 2.14 bits per heavy atom. The lowest BCUT2D eigenvalue weighted by Crippen LogP contribution is -2.21. The Labute approximate surface area is 89.0 Å². The van der Waals surface area contributed by atoms with E-state index in [1.54, 1.807) is 7.11 Å². The molecule has 1 rings (SSSR count). The third kappa shape index (κ3) is 2.18. The highest BCUT2D eigenvalue weighted by Gasteiger charge is 2.12. The van der Waals surface area contributed by atoms with Crippen LogP contribution in [0.1, 0.15) is 17.2 Å². The van der Waals surface area contributed by atoms with Crippen LogP contribution in [-0.4, -0.2) is 13.7 Å². The molecule has 0 fully saturated rings. The summed E-state index contributed by atoms with van der Waals surface area (Å²) < 4.78 is 5.21. The van der Waals surface area contributed by atoms with Gasteiger partial charge in [0.2, 0.25) is 0 Å². The van der Waals surface area contributed by atoms with Crippen LogP contribution in [0.3, 0.4) is 0 Å². The second kappa shape index (κ2) is 4.64. The zero-order valence-electron chi connectivity index (χ0n) is 8.38. The molecular formula is C10H15ClN2O. The van der Waals surface area contributed by atoms with Gasteiger partial charge in [0, 0.05) is 23.2 Å². The van der Waals surface area contributed by atoms with E-state index in [9.17, 15) is 0 Å². The lowest BCUT2D eigenvalue weighted by Gasteiger charge is -2.15. The van der Waals surface area contributed by atoms with E-state index < -0.39 is 0 Å². The molecule has 0 saturated heterocycles. The van der Waals surface area contributed by atoms with E-state index in [4.69, 9.17) is 27.8 Å². The molecule has 0 saturated carbocycles. The number of nitrogens with two attached hydrogens (primary N) is 2. The summed E-state index contributed by atoms with van der Waals surface area (Å²) in [6, 6.07) is 3.45. The lowest BCUT2D eigenvalue weighted by molar-refractivity contribution is 0.405. The Kier molecular flexibility index (Phi) is 3.75. The van der Waals surface area contributed by atoms with Gasteiger partial charge in [-0.2, -0.15) is 0 Å². The van der Waals surface area contributed by atoms with E-state index in [1.807, 2.05) is 19.1 Å². The largest absolute Gasteiger partial charge is 0.496 e. The second-order valence-electron chi connectivity index (χ2n) is 3.19. The van der Waals surface area contributed by atoms with E-state index in [0.29, 0.717) is 11.6 Å². The van der Waals surface area contributed by atoms with Crippen molar-refractivity contribution >= 4 is 11.6 Å². The summed E-state index contributed by atoms with van der Waals surface area (Å²) in [4.78, 5) is 0. The maximum atomic E-state index is 5.99. The van der Waals surface area contributed by atoms with Crippen molar-refractivity contribution in [3.63, 3.8) is 0 Å². The monoisotopic (exact) mass is 214 g/mol. The summed E-state index contributed by atoms with van der Waals surface area (Å²) in [5.74, 6) is 0.741. The summed E-state index contributed by atoms with van der Waals surface area (Å²) in [5, 5.41) is 0.685. The van der Waals surface area contributed by atoms with Crippen molar-refractivity contribution < 1.29 is 4.74 Å². The first-order valence-corrected chi connectivity index (χ1v) is 4.77. The van der Waals surface area contributed by atoms with E-state index in [2.05, 4.69) is 0 Å². The molecule has 1 aromatic rings. The van der Waals surface area contributed by atoms with Crippen molar-refractivity contribution in [3.8, 4) is 5.75 Å². The molecule has 14 heavy (non-hydrogen) atoms. The Bertz CT molecular complexity index is 328. The van der Waals surface area contributed by atoms with Crippen molar-refractivity contribution in [1.82, 2.24) is 0 Å². The lowest BCUT2D eigenvalue weighted by atomic mass is 10.0. The molecular weight excluding hydrogens is 200 g/mol. The highest BCUT2D eigenvalue weighted by molar-refractivity contribution is 6.31. The van der Waals surface area contributed by atoms with Crippen LogP contribution in [0.25, 0.3) is 0 Å². The Morgan fingerprint density at radius 3 is 2.64 bits per heavy atom. The fourth-order valence-electron chi connectivity index (χ4n) is 1.26. The van der Waals surface area contributed by atoms with Gasteiger partial charge in [-0.25, -0.2) is 0 Å². The number of rotatable bonds is 3. The molecule has 4 N–H and O–H groups in total. The molecule has 0 aliphatic heterocycles. The predicted octanol–water partition coefficient (Wildman–Crippen LogP) is 1.62. The number of hydrogen-bond acceptors (Lipinski definition) is 3. The third-order valence-corrected chi connectivity index (χ3v) is 2.57. The molecule has 0 amide bonds. The van der Waals surface area contributed by atoms with Gasteiger partial charge in [0.1, 0.15) is 5.75 Å². The van der Waals surface area contributed by atoms with Gasteiger partial charge >= 0.3 is 0 Å². The van der Waals surface area contributed by atoms with E-state index in [1.165, 1.54) is 0 Å². The van der Waals surface area contributed by atoms with Crippen LogP contribution in [0, 0.1) is 6.92 Å². The number of halogens is 1. The smallest absolute Gasteiger partial charge is 0.124 e. The highest BCUT2D eigenvalue weighted by Crippen LogP contribution is 2.29. The molecule has 1 atom stereocenters. The normalized spacial score (nSPS) is 12.6. The van der Waals surface area contributed by atoms with Gasteiger partial charge < -0.3 is 16.2 Å².